The number of nitrogens with one attached hydrogen (secondary N) is 2. The fraction of sp³-hybridized carbons (Fsp3) is 0.174. The molecule has 0 fully saturated rings. The minimum absolute atomic E-state index is 0.117. The summed E-state index contributed by atoms with van der Waals surface area (Å²) in [4.78, 5) is 12.3. The average molecular weight is 390 g/mol. The van der Waals surface area contributed by atoms with Crippen molar-refractivity contribution in [1.82, 2.24) is 5.32 Å². The van der Waals surface area contributed by atoms with Crippen molar-refractivity contribution in [3.05, 3.63) is 66.2 Å². The smallest absolute Gasteiger partial charge is 0.239 e. The maximum absolute atomic E-state index is 12.3. The van der Waals surface area contributed by atoms with Crippen LogP contribution in [0.15, 0.2) is 65.1 Å². The van der Waals surface area contributed by atoms with Crippen LogP contribution in [0.3, 0.4) is 0 Å². The summed E-state index contributed by atoms with van der Waals surface area (Å²) in [6.45, 7) is 0.545. The first kappa shape index (κ1) is 18.7. The van der Waals surface area contributed by atoms with Gasteiger partial charge in [-0.15, -0.1) is 0 Å². The van der Waals surface area contributed by atoms with E-state index in [0.29, 0.717) is 18.0 Å². The van der Waals surface area contributed by atoms with Gasteiger partial charge in [0.15, 0.2) is 0 Å². The van der Waals surface area contributed by atoms with Gasteiger partial charge in [-0.05, 0) is 29.8 Å². The van der Waals surface area contributed by atoms with E-state index in [-0.39, 0.29) is 12.5 Å². The molecule has 0 aliphatic rings. The summed E-state index contributed by atoms with van der Waals surface area (Å²) in [7, 11) is 3.23. The average Bonchev–Trinajstić information content (AvgIpc) is 3.13. The first-order chi connectivity index (χ1) is 14.2. The number of hydrogen-bond acceptors (Lipinski definition) is 5. The molecule has 1 amide bonds. The van der Waals surface area contributed by atoms with Crippen LogP contribution in [0.5, 0.6) is 11.5 Å². The molecule has 6 nitrogen and oxygen atoms in total. The first-order valence-electron chi connectivity index (χ1n) is 9.30. The second kappa shape index (κ2) is 8.14. The van der Waals surface area contributed by atoms with Gasteiger partial charge in [0.25, 0.3) is 0 Å². The van der Waals surface area contributed by atoms with Crippen LogP contribution in [0.1, 0.15) is 5.56 Å². The lowest BCUT2D eigenvalue weighted by Gasteiger charge is -2.12. The summed E-state index contributed by atoms with van der Waals surface area (Å²) in [5, 5.41) is 8.04. The number of rotatable bonds is 7. The maximum atomic E-state index is 12.3. The molecule has 0 atom stereocenters. The van der Waals surface area contributed by atoms with Gasteiger partial charge in [0.05, 0.1) is 26.5 Å². The Kier molecular flexibility index (Phi) is 5.24. The van der Waals surface area contributed by atoms with Gasteiger partial charge in [0.2, 0.25) is 5.91 Å². The van der Waals surface area contributed by atoms with E-state index in [0.717, 1.165) is 33.3 Å². The Labute approximate surface area is 168 Å². The molecule has 0 saturated heterocycles. The van der Waals surface area contributed by atoms with Crippen LogP contribution in [0, 0.1) is 0 Å². The van der Waals surface area contributed by atoms with Crippen molar-refractivity contribution in [1.29, 1.82) is 0 Å². The van der Waals surface area contributed by atoms with Crippen LogP contribution in [-0.2, 0) is 11.3 Å². The third kappa shape index (κ3) is 3.96. The van der Waals surface area contributed by atoms with Crippen molar-refractivity contribution in [2.75, 3.05) is 26.1 Å². The normalized spacial score (nSPS) is 10.8. The summed E-state index contributed by atoms with van der Waals surface area (Å²) >= 11 is 0. The molecule has 1 heterocycles. The number of carbonyl (C=O) groups excluding carboxylic acids is 1. The predicted octanol–water partition coefficient (Wildman–Crippen LogP) is 4.33. The lowest BCUT2D eigenvalue weighted by Crippen LogP contribution is -2.29. The molecule has 1 aromatic heterocycles. The van der Waals surface area contributed by atoms with Crippen LogP contribution in [-0.4, -0.2) is 26.7 Å². The Bertz CT molecular complexity index is 1170. The lowest BCUT2D eigenvalue weighted by atomic mass is 10.1. The number of methoxy groups -OCH3 is 2. The van der Waals surface area contributed by atoms with E-state index in [9.17, 15) is 4.79 Å². The van der Waals surface area contributed by atoms with Gasteiger partial charge in [0.1, 0.15) is 22.7 Å². The van der Waals surface area contributed by atoms with Gasteiger partial charge in [-0.25, -0.2) is 0 Å². The Morgan fingerprint density at radius 2 is 1.79 bits per heavy atom. The van der Waals surface area contributed by atoms with Gasteiger partial charge in [-0.2, -0.15) is 0 Å². The molecule has 0 saturated carbocycles. The second-order valence-corrected chi connectivity index (χ2v) is 6.63. The molecule has 0 aliphatic carbocycles. The zero-order valence-electron chi connectivity index (χ0n) is 16.3. The van der Waals surface area contributed by atoms with E-state index < -0.39 is 0 Å². The molecule has 148 valence electrons. The number of ether oxygens (including phenoxy) is 2. The van der Waals surface area contributed by atoms with Crippen LogP contribution < -0.4 is 20.1 Å². The van der Waals surface area contributed by atoms with E-state index in [4.69, 9.17) is 13.9 Å². The quantitative estimate of drug-likeness (QED) is 0.491. The molecule has 29 heavy (non-hydrogen) atoms. The molecule has 0 unspecified atom stereocenters. The molecule has 0 radical (unpaired) electrons. The summed E-state index contributed by atoms with van der Waals surface area (Å²) in [5.41, 5.74) is 3.23. The summed E-state index contributed by atoms with van der Waals surface area (Å²) in [6, 6.07) is 19.2. The molecule has 4 rings (SSSR count). The summed E-state index contributed by atoms with van der Waals surface area (Å²) < 4.78 is 16.6. The number of benzene rings is 3. The van der Waals surface area contributed by atoms with Crippen LogP contribution in [0.2, 0.25) is 0 Å². The van der Waals surface area contributed by atoms with Crippen LogP contribution in [0.4, 0.5) is 5.69 Å². The van der Waals surface area contributed by atoms with Crippen molar-refractivity contribution in [3.8, 4) is 11.5 Å². The fourth-order valence-corrected chi connectivity index (χ4v) is 3.28. The summed E-state index contributed by atoms with van der Waals surface area (Å²) in [5.74, 6) is 1.29. The van der Waals surface area contributed by atoms with E-state index in [2.05, 4.69) is 10.6 Å². The van der Waals surface area contributed by atoms with Gasteiger partial charge in [0, 0.05) is 23.4 Å². The topological polar surface area (TPSA) is 72.7 Å². The number of amides is 1. The monoisotopic (exact) mass is 390 g/mol. The van der Waals surface area contributed by atoms with Crippen LogP contribution >= 0.6 is 0 Å². The molecule has 3 aromatic carbocycles. The molecule has 0 bridgehead atoms. The molecular formula is C23H22N2O4. The van der Waals surface area contributed by atoms with E-state index in [1.54, 1.807) is 14.2 Å². The number of furan rings is 1. The number of carbonyl (C=O) groups is 1. The Balaban J connectivity index is 1.45. The summed E-state index contributed by atoms with van der Waals surface area (Å²) in [6.07, 6.45) is 0. The van der Waals surface area contributed by atoms with E-state index >= 15 is 0 Å². The molecule has 6 heteroatoms. The Morgan fingerprint density at radius 3 is 2.62 bits per heavy atom. The third-order valence-corrected chi connectivity index (χ3v) is 4.76. The van der Waals surface area contributed by atoms with Gasteiger partial charge >= 0.3 is 0 Å². The number of fused-ring (bicyclic) bond motifs is 3. The highest BCUT2D eigenvalue weighted by Gasteiger charge is 2.13. The maximum Gasteiger partial charge on any atom is 0.239 e. The minimum atomic E-state index is -0.125. The van der Waals surface area contributed by atoms with Gasteiger partial charge < -0.3 is 24.5 Å². The fourth-order valence-electron chi connectivity index (χ4n) is 3.28. The van der Waals surface area contributed by atoms with Crippen molar-refractivity contribution in [2.24, 2.45) is 0 Å². The minimum Gasteiger partial charge on any atom is -0.497 e. The SMILES string of the molecule is COc1cccc(CNC(=O)CNc2cc3oc4ccccc4c3cc2OC)c1. The molecule has 2 N–H and O–H groups in total. The number of anilines is 1. The van der Waals surface area contributed by atoms with Gasteiger partial charge in [-0.1, -0.05) is 30.3 Å². The second-order valence-electron chi connectivity index (χ2n) is 6.63. The molecule has 0 spiro atoms. The number of hydrogen-bond donors (Lipinski definition) is 2. The van der Waals surface area contributed by atoms with E-state index in [1.807, 2.05) is 60.7 Å². The van der Waals surface area contributed by atoms with Crippen molar-refractivity contribution in [2.45, 2.75) is 6.54 Å². The highest BCUT2D eigenvalue weighted by atomic mass is 16.5. The standard InChI is InChI=1S/C23H22N2O4/c1-27-16-7-5-6-15(10-16)13-25-23(26)14-24-19-12-21-18(11-22(19)28-2)17-8-3-4-9-20(17)29-21/h3-12,24H,13-14H2,1-2H3,(H,25,26). The molecule has 0 aliphatic heterocycles. The zero-order valence-corrected chi connectivity index (χ0v) is 16.3. The van der Waals surface area contributed by atoms with Crippen molar-refractivity contribution in [3.63, 3.8) is 0 Å². The van der Waals surface area contributed by atoms with Crippen molar-refractivity contribution >= 4 is 33.5 Å². The first-order valence-corrected chi connectivity index (χ1v) is 9.30. The number of para-hydroxylation sites is 1. The van der Waals surface area contributed by atoms with E-state index in [1.165, 1.54) is 0 Å². The highest BCUT2D eigenvalue weighted by Crippen LogP contribution is 2.36. The Morgan fingerprint density at radius 1 is 0.931 bits per heavy atom. The highest BCUT2D eigenvalue weighted by molar-refractivity contribution is 6.06. The van der Waals surface area contributed by atoms with Gasteiger partial charge in [-0.3, -0.25) is 4.79 Å². The Hall–Kier alpha value is -3.67. The third-order valence-electron chi connectivity index (χ3n) is 4.76. The lowest BCUT2D eigenvalue weighted by molar-refractivity contribution is -0.119. The predicted molar refractivity (Wildman–Crippen MR) is 114 cm³/mol. The van der Waals surface area contributed by atoms with Crippen molar-refractivity contribution < 1.29 is 18.7 Å². The zero-order chi connectivity index (χ0) is 20.2. The molecule has 4 aromatic rings. The van der Waals surface area contributed by atoms with Crippen LogP contribution in [0.25, 0.3) is 21.9 Å². The molecular weight excluding hydrogens is 368 g/mol. The largest absolute Gasteiger partial charge is 0.497 e.